The zero-order chi connectivity index (χ0) is 11.4. The highest BCUT2D eigenvalue weighted by Gasteiger charge is 2.19. The van der Waals surface area contributed by atoms with Gasteiger partial charge in [-0.3, -0.25) is 0 Å². The van der Waals surface area contributed by atoms with Crippen molar-refractivity contribution in [1.29, 1.82) is 0 Å². The van der Waals surface area contributed by atoms with Crippen LogP contribution < -0.4 is 5.73 Å². The van der Waals surface area contributed by atoms with Crippen LogP contribution in [-0.2, 0) is 9.47 Å². The predicted octanol–water partition coefficient (Wildman–Crippen LogP) is 1.95. The lowest BCUT2D eigenvalue weighted by Crippen LogP contribution is -2.14. The first kappa shape index (κ1) is 11.5. The second-order valence-corrected chi connectivity index (χ2v) is 3.61. The number of aryl methyl sites for hydroxylation is 1. The molecule has 0 bridgehead atoms. The number of hydrogen-bond acceptors (Lipinski definition) is 6. The molecule has 0 spiro atoms. The molecular formula is C9H11NO4S. The Balaban J connectivity index is 2.69. The molecule has 6 heteroatoms. The fourth-order valence-corrected chi connectivity index (χ4v) is 1.73. The van der Waals surface area contributed by atoms with Crippen LogP contribution in [-0.4, -0.2) is 18.7 Å². The number of ether oxygens (including phenoxy) is 2. The van der Waals surface area contributed by atoms with Crippen molar-refractivity contribution in [3.8, 4) is 0 Å². The monoisotopic (exact) mass is 229 g/mol. The molecule has 1 aromatic rings. The molecule has 0 unspecified atom stereocenters. The topological polar surface area (TPSA) is 78.6 Å². The van der Waals surface area contributed by atoms with Gasteiger partial charge in [0.1, 0.15) is 4.88 Å². The molecule has 0 aliphatic heterocycles. The van der Waals surface area contributed by atoms with E-state index in [4.69, 9.17) is 5.73 Å². The third kappa shape index (κ3) is 2.69. The molecule has 1 heterocycles. The largest absolute Gasteiger partial charge is 0.516 e. The Morgan fingerprint density at radius 2 is 2.20 bits per heavy atom. The van der Waals surface area contributed by atoms with Crippen LogP contribution in [0.25, 0.3) is 0 Å². The summed E-state index contributed by atoms with van der Waals surface area (Å²) in [7, 11) is 0. The van der Waals surface area contributed by atoms with Gasteiger partial charge in [-0.05, 0) is 24.8 Å². The third-order valence-corrected chi connectivity index (χ3v) is 2.74. The summed E-state index contributed by atoms with van der Waals surface area (Å²) in [6.07, 6.45) is -1.01. The number of thiophene rings is 1. The molecule has 0 atom stereocenters. The van der Waals surface area contributed by atoms with E-state index >= 15 is 0 Å². The van der Waals surface area contributed by atoms with Gasteiger partial charge in [-0.15, -0.1) is 11.3 Å². The van der Waals surface area contributed by atoms with E-state index in [1.54, 1.807) is 19.2 Å². The van der Waals surface area contributed by atoms with Crippen molar-refractivity contribution < 1.29 is 19.1 Å². The molecule has 0 saturated carbocycles. The number of esters is 1. The first-order chi connectivity index (χ1) is 7.06. The van der Waals surface area contributed by atoms with Crippen LogP contribution in [0.3, 0.4) is 0 Å². The molecule has 0 aromatic carbocycles. The lowest BCUT2D eigenvalue weighted by Gasteiger charge is -2.01. The quantitative estimate of drug-likeness (QED) is 0.619. The number of rotatable bonds is 2. The molecule has 1 aromatic heterocycles. The minimum Gasteiger partial charge on any atom is -0.434 e. The van der Waals surface area contributed by atoms with Crippen LogP contribution in [0.5, 0.6) is 0 Å². The molecular weight excluding hydrogens is 218 g/mol. The van der Waals surface area contributed by atoms with Gasteiger partial charge in [-0.2, -0.15) is 0 Å². The van der Waals surface area contributed by atoms with Crippen LogP contribution in [0.4, 0.5) is 10.5 Å². The van der Waals surface area contributed by atoms with E-state index in [1.807, 2.05) is 0 Å². The average molecular weight is 229 g/mol. The highest BCUT2D eigenvalue weighted by atomic mass is 32.1. The average Bonchev–Trinajstić information content (AvgIpc) is 2.48. The summed E-state index contributed by atoms with van der Waals surface area (Å²) in [5.41, 5.74) is 6.74. The van der Waals surface area contributed by atoms with Crippen LogP contribution in [0, 0.1) is 6.92 Å². The maximum atomic E-state index is 11.4. The van der Waals surface area contributed by atoms with Crippen molar-refractivity contribution in [2.24, 2.45) is 0 Å². The second kappa shape index (κ2) is 4.79. The van der Waals surface area contributed by atoms with Crippen molar-refractivity contribution in [2.45, 2.75) is 13.8 Å². The summed E-state index contributed by atoms with van der Waals surface area (Å²) in [5, 5.41) is 1.72. The van der Waals surface area contributed by atoms with Crippen LogP contribution >= 0.6 is 11.3 Å². The Labute approximate surface area is 90.8 Å². The zero-order valence-corrected chi connectivity index (χ0v) is 9.22. The van der Waals surface area contributed by atoms with Gasteiger partial charge in [-0.25, -0.2) is 9.59 Å². The van der Waals surface area contributed by atoms with Gasteiger partial charge in [0.2, 0.25) is 0 Å². The van der Waals surface area contributed by atoms with E-state index < -0.39 is 12.1 Å². The molecule has 0 aliphatic carbocycles. The van der Waals surface area contributed by atoms with Gasteiger partial charge in [0, 0.05) is 0 Å². The SMILES string of the molecule is CCOC(=O)OC(=O)c1scc(C)c1N. The third-order valence-electron chi connectivity index (χ3n) is 1.65. The van der Waals surface area contributed by atoms with E-state index in [0.717, 1.165) is 16.9 Å². The number of nitrogen functional groups attached to an aromatic ring is 1. The lowest BCUT2D eigenvalue weighted by atomic mass is 10.3. The summed E-state index contributed by atoms with van der Waals surface area (Å²) < 4.78 is 8.86. The summed E-state index contributed by atoms with van der Waals surface area (Å²) in [6.45, 7) is 3.55. The Hall–Kier alpha value is -1.56. The Bertz CT molecular complexity index is 385. The predicted molar refractivity (Wildman–Crippen MR) is 55.9 cm³/mol. The Morgan fingerprint density at radius 3 is 2.67 bits per heavy atom. The van der Waals surface area contributed by atoms with Crippen molar-refractivity contribution in [1.82, 2.24) is 0 Å². The van der Waals surface area contributed by atoms with Gasteiger partial charge in [0.15, 0.2) is 0 Å². The number of carbonyl (C=O) groups excluding carboxylic acids is 2. The highest BCUT2D eigenvalue weighted by Crippen LogP contribution is 2.25. The van der Waals surface area contributed by atoms with Gasteiger partial charge in [0.05, 0.1) is 12.3 Å². The number of carbonyl (C=O) groups is 2. The van der Waals surface area contributed by atoms with E-state index in [-0.39, 0.29) is 11.5 Å². The first-order valence-corrected chi connectivity index (χ1v) is 5.16. The smallest absolute Gasteiger partial charge is 0.434 e. The molecule has 5 nitrogen and oxygen atoms in total. The molecule has 1 rings (SSSR count). The van der Waals surface area contributed by atoms with Crippen molar-refractivity contribution in [3.63, 3.8) is 0 Å². The van der Waals surface area contributed by atoms with Crippen LogP contribution in [0.15, 0.2) is 5.38 Å². The van der Waals surface area contributed by atoms with Crippen molar-refractivity contribution >= 4 is 29.1 Å². The minimum absolute atomic E-state index is 0.158. The van der Waals surface area contributed by atoms with Crippen molar-refractivity contribution in [3.05, 3.63) is 15.8 Å². The van der Waals surface area contributed by atoms with Gasteiger partial charge >= 0.3 is 12.1 Å². The fourth-order valence-electron chi connectivity index (χ4n) is 0.881. The van der Waals surface area contributed by atoms with Crippen LogP contribution in [0.2, 0.25) is 0 Å². The molecule has 0 radical (unpaired) electrons. The molecule has 2 N–H and O–H groups in total. The molecule has 15 heavy (non-hydrogen) atoms. The molecule has 82 valence electrons. The Kier molecular flexibility index (Phi) is 3.68. The fraction of sp³-hybridized carbons (Fsp3) is 0.333. The molecule has 0 aliphatic rings. The van der Waals surface area contributed by atoms with Crippen molar-refractivity contribution in [2.75, 3.05) is 12.3 Å². The summed E-state index contributed by atoms with van der Waals surface area (Å²) >= 11 is 1.14. The van der Waals surface area contributed by atoms with Gasteiger partial charge < -0.3 is 15.2 Å². The van der Waals surface area contributed by atoms with Gasteiger partial charge in [-0.1, -0.05) is 0 Å². The summed E-state index contributed by atoms with van der Waals surface area (Å²) in [5.74, 6) is -0.774. The maximum absolute atomic E-state index is 11.4. The van der Waals surface area contributed by atoms with E-state index in [0.29, 0.717) is 5.69 Å². The number of anilines is 1. The molecule has 0 fully saturated rings. The molecule has 0 amide bonds. The number of nitrogens with two attached hydrogens (primary N) is 1. The zero-order valence-electron chi connectivity index (χ0n) is 8.40. The van der Waals surface area contributed by atoms with Crippen LogP contribution in [0.1, 0.15) is 22.2 Å². The summed E-state index contributed by atoms with van der Waals surface area (Å²) in [4.78, 5) is 22.4. The van der Waals surface area contributed by atoms with Gasteiger partial charge in [0.25, 0.3) is 0 Å². The Morgan fingerprint density at radius 1 is 1.53 bits per heavy atom. The van der Waals surface area contributed by atoms with E-state index in [1.165, 1.54) is 0 Å². The first-order valence-electron chi connectivity index (χ1n) is 4.28. The lowest BCUT2D eigenvalue weighted by molar-refractivity contribution is 0.0407. The second-order valence-electron chi connectivity index (χ2n) is 2.73. The maximum Gasteiger partial charge on any atom is 0.516 e. The minimum atomic E-state index is -1.01. The number of hydrogen-bond donors (Lipinski definition) is 1. The van der Waals surface area contributed by atoms with E-state index in [2.05, 4.69) is 9.47 Å². The molecule has 0 saturated heterocycles. The standard InChI is InChI=1S/C9H11NO4S/c1-3-13-9(12)14-8(11)7-6(10)5(2)4-15-7/h4H,3,10H2,1-2H3. The summed E-state index contributed by atoms with van der Waals surface area (Å²) in [6, 6.07) is 0. The normalized spacial score (nSPS) is 9.73. The van der Waals surface area contributed by atoms with E-state index in [9.17, 15) is 9.59 Å². The highest BCUT2D eigenvalue weighted by molar-refractivity contribution is 7.12.